The average Bonchev–Trinajstić information content (AvgIpc) is 2.15. The Bertz CT molecular complexity index is 105. The van der Waals surface area contributed by atoms with E-state index < -0.39 is 0 Å². The summed E-state index contributed by atoms with van der Waals surface area (Å²) in [4.78, 5) is 2.61. The van der Waals surface area contributed by atoms with Crippen molar-refractivity contribution in [3.05, 3.63) is 0 Å². The standard InChI is InChI=1S/C12H26BrN/c1-4-5-7-10-14(12(2)3)11-8-6-9-13/h12H,4-11H2,1-3H3. The molecule has 14 heavy (non-hydrogen) atoms. The second-order valence-electron chi connectivity index (χ2n) is 4.23. The lowest BCUT2D eigenvalue weighted by molar-refractivity contribution is 0.214. The molecule has 0 aromatic rings. The van der Waals surface area contributed by atoms with Crippen molar-refractivity contribution in [1.29, 1.82) is 0 Å². The topological polar surface area (TPSA) is 3.24 Å². The van der Waals surface area contributed by atoms with E-state index in [2.05, 4.69) is 41.6 Å². The summed E-state index contributed by atoms with van der Waals surface area (Å²) >= 11 is 3.48. The molecule has 1 nitrogen and oxygen atoms in total. The molecule has 0 atom stereocenters. The van der Waals surface area contributed by atoms with Gasteiger partial charge in [0.1, 0.15) is 0 Å². The van der Waals surface area contributed by atoms with Crippen LogP contribution >= 0.6 is 15.9 Å². The Hall–Kier alpha value is 0.440. The number of unbranched alkanes of at least 4 members (excludes halogenated alkanes) is 3. The molecule has 0 N–H and O–H groups in total. The van der Waals surface area contributed by atoms with Crippen molar-refractivity contribution < 1.29 is 0 Å². The predicted octanol–water partition coefficient (Wildman–Crippen LogP) is 4.06. The lowest BCUT2D eigenvalue weighted by Crippen LogP contribution is -2.32. The Labute approximate surface area is 98.4 Å². The first-order valence-electron chi connectivity index (χ1n) is 6.02. The van der Waals surface area contributed by atoms with E-state index in [4.69, 9.17) is 0 Å². The van der Waals surface area contributed by atoms with Crippen LogP contribution < -0.4 is 0 Å². The SMILES string of the molecule is CCCCCN(CCCCBr)C(C)C. The van der Waals surface area contributed by atoms with E-state index in [9.17, 15) is 0 Å². The molecule has 0 bridgehead atoms. The zero-order valence-electron chi connectivity index (χ0n) is 10.1. The van der Waals surface area contributed by atoms with Crippen LogP contribution in [0.3, 0.4) is 0 Å². The Morgan fingerprint density at radius 2 is 1.57 bits per heavy atom. The molecule has 0 amide bonds. The van der Waals surface area contributed by atoms with Gasteiger partial charge in [-0.05, 0) is 46.2 Å². The normalized spacial score (nSPS) is 11.6. The zero-order chi connectivity index (χ0) is 10.8. The van der Waals surface area contributed by atoms with Crippen molar-refractivity contribution in [2.75, 3.05) is 18.4 Å². The Kier molecular flexibility index (Phi) is 10.3. The smallest absolute Gasteiger partial charge is 0.00385 e. The molecule has 0 unspecified atom stereocenters. The summed E-state index contributed by atoms with van der Waals surface area (Å²) < 4.78 is 0. The van der Waals surface area contributed by atoms with Gasteiger partial charge in [-0.25, -0.2) is 0 Å². The van der Waals surface area contributed by atoms with E-state index in [1.54, 1.807) is 0 Å². The maximum Gasteiger partial charge on any atom is 0.00385 e. The van der Waals surface area contributed by atoms with E-state index in [-0.39, 0.29) is 0 Å². The molecule has 0 aliphatic heterocycles. The fraction of sp³-hybridized carbons (Fsp3) is 1.00. The summed E-state index contributed by atoms with van der Waals surface area (Å²) in [7, 11) is 0. The molecule has 0 heterocycles. The molecule has 0 saturated carbocycles. The van der Waals surface area contributed by atoms with Gasteiger partial charge >= 0.3 is 0 Å². The van der Waals surface area contributed by atoms with Crippen LogP contribution in [0.1, 0.15) is 52.9 Å². The maximum absolute atomic E-state index is 3.48. The third-order valence-corrected chi connectivity index (χ3v) is 3.17. The Balaban J connectivity index is 3.55. The quantitative estimate of drug-likeness (QED) is 0.448. The largest absolute Gasteiger partial charge is 0.301 e. The van der Waals surface area contributed by atoms with Gasteiger partial charge in [-0.1, -0.05) is 35.7 Å². The lowest BCUT2D eigenvalue weighted by atomic mass is 10.2. The highest BCUT2D eigenvalue weighted by Gasteiger charge is 2.07. The summed E-state index contributed by atoms with van der Waals surface area (Å²) in [5, 5.41) is 1.15. The zero-order valence-corrected chi connectivity index (χ0v) is 11.6. The van der Waals surface area contributed by atoms with Crippen LogP contribution in [-0.2, 0) is 0 Å². The van der Waals surface area contributed by atoms with Gasteiger partial charge in [0.25, 0.3) is 0 Å². The van der Waals surface area contributed by atoms with Crippen molar-refractivity contribution in [2.24, 2.45) is 0 Å². The molecule has 0 aromatic carbocycles. The number of nitrogens with zero attached hydrogens (tertiary/aromatic N) is 1. The molecule has 0 aliphatic carbocycles. The number of hydrogen-bond donors (Lipinski definition) is 0. The highest BCUT2D eigenvalue weighted by molar-refractivity contribution is 9.09. The summed E-state index contributed by atoms with van der Waals surface area (Å²) in [6.45, 7) is 9.44. The maximum atomic E-state index is 3.48. The van der Waals surface area contributed by atoms with Gasteiger partial charge in [0, 0.05) is 11.4 Å². The lowest BCUT2D eigenvalue weighted by Gasteiger charge is -2.26. The minimum absolute atomic E-state index is 0.710. The van der Waals surface area contributed by atoms with E-state index in [1.807, 2.05) is 0 Å². The Morgan fingerprint density at radius 3 is 2.00 bits per heavy atom. The van der Waals surface area contributed by atoms with Gasteiger partial charge < -0.3 is 4.90 Å². The number of alkyl halides is 1. The Morgan fingerprint density at radius 1 is 1.00 bits per heavy atom. The predicted molar refractivity (Wildman–Crippen MR) is 69.3 cm³/mol. The second kappa shape index (κ2) is 9.97. The van der Waals surface area contributed by atoms with Crippen LogP contribution in [0.2, 0.25) is 0 Å². The molecule has 0 fully saturated rings. The van der Waals surface area contributed by atoms with Crippen LogP contribution in [0, 0.1) is 0 Å². The highest BCUT2D eigenvalue weighted by atomic mass is 79.9. The minimum atomic E-state index is 0.710. The van der Waals surface area contributed by atoms with Crippen molar-refractivity contribution in [3.63, 3.8) is 0 Å². The molecule has 2 heteroatoms. The number of halogens is 1. The number of rotatable bonds is 9. The second-order valence-corrected chi connectivity index (χ2v) is 5.03. The summed E-state index contributed by atoms with van der Waals surface area (Å²) in [5.41, 5.74) is 0. The third kappa shape index (κ3) is 7.81. The van der Waals surface area contributed by atoms with E-state index in [0.717, 1.165) is 5.33 Å². The molecule has 0 spiro atoms. The van der Waals surface area contributed by atoms with Crippen LogP contribution in [0.5, 0.6) is 0 Å². The molecule has 0 aromatic heterocycles. The van der Waals surface area contributed by atoms with Crippen molar-refractivity contribution in [1.82, 2.24) is 4.90 Å². The fourth-order valence-electron chi connectivity index (χ4n) is 1.60. The van der Waals surface area contributed by atoms with Crippen LogP contribution in [0.15, 0.2) is 0 Å². The van der Waals surface area contributed by atoms with Crippen LogP contribution in [0.25, 0.3) is 0 Å². The van der Waals surface area contributed by atoms with Gasteiger partial charge in [0.15, 0.2) is 0 Å². The molecule has 0 aliphatic rings. The minimum Gasteiger partial charge on any atom is -0.301 e. The first-order chi connectivity index (χ1) is 6.72. The summed E-state index contributed by atoms with van der Waals surface area (Å²) in [6.07, 6.45) is 6.70. The molecule has 0 saturated heterocycles. The van der Waals surface area contributed by atoms with Gasteiger partial charge in [0.2, 0.25) is 0 Å². The van der Waals surface area contributed by atoms with Crippen LogP contribution in [-0.4, -0.2) is 29.4 Å². The van der Waals surface area contributed by atoms with Gasteiger partial charge in [-0.2, -0.15) is 0 Å². The summed E-state index contributed by atoms with van der Waals surface area (Å²) in [5.74, 6) is 0. The fourth-order valence-corrected chi connectivity index (χ4v) is 2.00. The molecular formula is C12H26BrN. The summed E-state index contributed by atoms with van der Waals surface area (Å²) in [6, 6.07) is 0.710. The van der Waals surface area contributed by atoms with Gasteiger partial charge in [-0.3, -0.25) is 0 Å². The van der Waals surface area contributed by atoms with Crippen molar-refractivity contribution >= 4 is 15.9 Å². The van der Waals surface area contributed by atoms with Gasteiger partial charge in [0.05, 0.1) is 0 Å². The molecule has 0 radical (unpaired) electrons. The highest BCUT2D eigenvalue weighted by Crippen LogP contribution is 2.06. The third-order valence-electron chi connectivity index (χ3n) is 2.61. The van der Waals surface area contributed by atoms with Crippen LogP contribution in [0.4, 0.5) is 0 Å². The first kappa shape index (κ1) is 14.4. The molecule has 86 valence electrons. The monoisotopic (exact) mass is 263 g/mol. The first-order valence-corrected chi connectivity index (χ1v) is 7.14. The van der Waals surface area contributed by atoms with E-state index >= 15 is 0 Å². The number of hydrogen-bond acceptors (Lipinski definition) is 1. The van der Waals surface area contributed by atoms with Gasteiger partial charge in [-0.15, -0.1) is 0 Å². The van der Waals surface area contributed by atoms with E-state index in [0.29, 0.717) is 6.04 Å². The van der Waals surface area contributed by atoms with Crippen molar-refractivity contribution in [3.8, 4) is 0 Å². The molecular weight excluding hydrogens is 238 g/mol. The van der Waals surface area contributed by atoms with E-state index in [1.165, 1.54) is 45.2 Å². The average molecular weight is 264 g/mol. The molecule has 0 rings (SSSR count). The van der Waals surface area contributed by atoms with Crippen molar-refractivity contribution in [2.45, 2.75) is 58.9 Å².